The fraction of sp³-hybridized carbons (Fsp3) is 0.333. The highest BCUT2D eigenvalue weighted by molar-refractivity contribution is 7.71. The fourth-order valence-corrected chi connectivity index (χ4v) is 4.89. The van der Waals surface area contributed by atoms with E-state index in [-0.39, 0.29) is 0 Å². The minimum atomic E-state index is 0.367. The van der Waals surface area contributed by atoms with Gasteiger partial charge in [-0.1, -0.05) is 32.0 Å². The lowest BCUT2D eigenvalue weighted by atomic mass is 10.0. The Balaban J connectivity index is 1.41. The first-order valence-electron chi connectivity index (χ1n) is 12.1. The first-order valence-corrected chi connectivity index (χ1v) is 12.5. The van der Waals surface area contributed by atoms with E-state index in [0.29, 0.717) is 17.4 Å². The second-order valence-corrected chi connectivity index (χ2v) is 9.65. The summed E-state index contributed by atoms with van der Waals surface area (Å²) in [6, 6.07) is 16.6. The molecule has 8 heteroatoms. The molecule has 0 spiro atoms. The molecule has 35 heavy (non-hydrogen) atoms. The van der Waals surface area contributed by atoms with Crippen LogP contribution < -0.4 is 0 Å². The molecule has 0 saturated carbocycles. The standard InChI is InChI=1S/C27H31N7S/c1-21(2)24-7-3-4-8-25(24)34-26(23-6-5-11-29-18-23)30-33(27(34)35)20-32-16-14-31(15-17-32)19-22-9-12-28-13-10-22/h3-13,18,21H,14-17,19-20H2,1-2H3. The number of rotatable bonds is 7. The van der Waals surface area contributed by atoms with E-state index in [1.165, 1.54) is 11.1 Å². The van der Waals surface area contributed by atoms with Crippen molar-refractivity contribution in [2.75, 3.05) is 26.2 Å². The smallest absolute Gasteiger partial charge is 0.204 e. The monoisotopic (exact) mass is 485 g/mol. The lowest BCUT2D eigenvalue weighted by Crippen LogP contribution is -2.46. The Morgan fingerprint density at radius 2 is 1.60 bits per heavy atom. The summed E-state index contributed by atoms with van der Waals surface area (Å²) in [7, 11) is 0. The average Bonchev–Trinajstić information content (AvgIpc) is 3.22. The Kier molecular flexibility index (Phi) is 7.13. The minimum absolute atomic E-state index is 0.367. The van der Waals surface area contributed by atoms with Crippen LogP contribution in [0.2, 0.25) is 0 Å². The first kappa shape index (κ1) is 23.5. The Labute approximate surface area is 211 Å². The predicted molar refractivity (Wildman–Crippen MR) is 141 cm³/mol. The van der Waals surface area contributed by atoms with Crippen molar-refractivity contribution in [3.05, 3.63) is 89.2 Å². The van der Waals surface area contributed by atoms with Crippen LogP contribution in [-0.4, -0.2) is 60.3 Å². The summed E-state index contributed by atoms with van der Waals surface area (Å²) in [4.78, 5) is 13.4. The highest BCUT2D eigenvalue weighted by atomic mass is 32.1. The third kappa shape index (κ3) is 5.24. The molecule has 7 nitrogen and oxygen atoms in total. The zero-order valence-electron chi connectivity index (χ0n) is 20.3. The van der Waals surface area contributed by atoms with Crippen molar-refractivity contribution >= 4 is 12.2 Å². The molecule has 180 valence electrons. The summed E-state index contributed by atoms with van der Waals surface area (Å²) in [6.45, 7) is 10.0. The van der Waals surface area contributed by atoms with E-state index in [2.05, 4.69) is 74.6 Å². The van der Waals surface area contributed by atoms with Crippen molar-refractivity contribution in [1.29, 1.82) is 0 Å². The molecule has 5 rings (SSSR count). The lowest BCUT2D eigenvalue weighted by molar-refractivity contribution is 0.0981. The van der Waals surface area contributed by atoms with Gasteiger partial charge in [-0.15, -0.1) is 5.10 Å². The molecule has 0 N–H and O–H groups in total. The van der Waals surface area contributed by atoms with Gasteiger partial charge >= 0.3 is 0 Å². The molecule has 0 atom stereocenters. The number of piperazine rings is 1. The number of aromatic nitrogens is 5. The maximum atomic E-state index is 6.02. The Morgan fingerprint density at radius 3 is 2.31 bits per heavy atom. The van der Waals surface area contributed by atoms with Gasteiger partial charge in [-0.2, -0.15) is 0 Å². The molecule has 1 aliphatic rings. The molecule has 1 aromatic carbocycles. The van der Waals surface area contributed by atoms with Crippen LogP contribution in [-0.2, 0) is 13.2 Å². The molecule has 1 fully saturated rings. The van der Waals surface area contributed by atoms with Crippen molar-refractivity contribution in [2.24, 2.45) is 0 Å². The third-order valence-corrected chi connectivity index (χ3v) is 6.91. The van der Waals surface area contributed by atoms with Crippen LogP contribution in [0.4, 0.5) is 0 Å². The molecular weight excluding hydrogens is 454 g/mol. The van der Waals surface area contributed by atoms with E-state index in [0.717, 1.165) is 49.8 Å². The molecule has 0 radical (unpaired) electrons. The number of pyridine rings is 2. The average molecular weight is 486 g/mol. The minimum Gasteiger partial charge on any atom is -0.297 e. The quantitative estimate of drug-likeness (QED) is 0.352. The largest absolute Gasteiger partial charge is 0.297 e. The molecule has 1 aliphatic heterocycles. The molecule has 0 amide bonds. The summed E-state index contributed by atoms with van der Waals surface area (Å²) in [5.41, 5.74) is 4.59. The van der Waals surface area contributed by atoms with E-state index in [1.54, 1.807) is 6.20 Å². The van der Waals surface area contributed by atoms with Crippen LogP contribution in [0.15, 0.2) is 73.3 Å². The number of benzene rings is 1. The van der Waals surface area contributed by atoms with Crippen LogP contribution in [0.1, 0.15) is 30.9 Å². The highest BCUT2D eigenvalue weighted by Gasteiger charge is 2.21. The Bertz CT molecular complexity index is 1310. The summed E-state index contributed by atoms with van der Waals surface area (Å²) in [6.07, 6.45) is 7.36. The van der Waals surface area contributed by atoms with Gasteiger partial charge in [-0.3, -0.25) is 24.3 Å². The van der Waals surface area contributed by atoms with Gasteiger partial charge in [0.05, 0.1) is 12.4 Å². The highest BCUT2D eigenvalue weighted by Crippen LogP contribution is 2.28. The van der Waals surface area contributed by atoms with E-state index in [1.807, 2.05) is 35.4 Å². The SMILES string of the molecule is CC(C)c1ccccc1-n1c(-c2cccnc2)nn(CN2CCN(Cc3ccncc3)CC2)c1=S. The zero-order valence-corrected chi connectivity index (χ0v) is 21.1. The van der Waals surface area contributed by atoms with Crippen LogP contribution >= 0.6 is 12.2 Å². The second-order valence-electron chi connectivity index (χ2n) is 9.29. The maximum Gasteiger partial charge on any atom is 0.204 e. The van der Waals surface area contributed by atoms with Gasteiger partial charge in [0.1, 0.15) is 0 Å². The van der Waals surface area contributed by atoms with Crippen molar-refractivity contribution in [2.45, 2.75) is 33.0 Å². The molecule has 1 saturated heterocycles. The molecular formula is C27H31N7S. The van der Waals surface area contributed by atoms with E-state index in [4.69, 9.17) is 17.3 Å². The summed E-state index contributed by atoms with van der Waals surface area (Å²) in [5, 5.41) is 5.01. The van der Waals surface area contributed by atoms with Crippen LogP contribution in [0.5, 0.6) is 0 Å². The van der Waals surface area contributed by atoms with Gasteiger partial charge in [-0.25, -0.2) is 4.68 Å². The topological polar surface area (TPSA) is 55.0 Å². The normalized spacial score (nSPS) is 15.1. The fourth-order valence-electron chi connectivity index (χ4n) is 4.60. The summed E-state index contributed by atoms with van der Waals surface area (Å²) < 4.78 is 4.78. The Hall–Kier alpha value is -3.20. The van der Waals surface area contributed by atoms with Gasteiger partial charge in [-0.05, 0) is 59.6 Å². The molecule has 4 heterocycles. The van der Waals surface area contributed by atoms with E-state index < -0.39 is 0 Å². The lowest BCUT2D eigenvalue weighted by Gasteiger charge is -2.34. The van der Waals surface area contributed by atoms with Crippen LogP contribution in [0.3, 0.4) is 0 Å². The summed E-state index contributed by atoms with van der Waals surface area (Å²) in [5.74, 6) is 1.19. The molecule has 0 aliphatic carbocycles. The predicted octanol–water partition coefficient (Wildman–Crippen LogP) is 4.76. The van der Waals surface area contributed by atoms with Gasteiger partial charge in [0.2, 0.25) is 4.77 Å². The van der Waals surface area contributed by atoms with Crippen molar-refractivity contribution in [3.8, 4) is 17.1 Å². The van der Waals surface area contributed by atoms with Crippen molar-refractivity contribution in [1.82, 2.24) is 34.1 Å². The number of hydrogen-bond donors (Lipinski definition) is 0. The van der Waals surface area contributed by atoms with Gasteiger partial charge in [0, 0.05) is 63.1 Å². The number of para-hydroxylation sites is 1. The molecule has 3 aromatic heterocycles. The zero-order chi connectivity index (χ0) is 24.2. The summed E-state index contributed by atoms with van der Waals surface area (Å²) >= 11 is 6.02. The van der Waals surface area contributed by atoms with Gasteiger partial charge in [0.25, 0.3) is 0 Å². The first-order chi connectivity index (χ1) is 17.1. The third-order valence-electron chi connectivity index (χ3n) is 6.51. The van der Waals surface area contributed by atoms with Crippen LogP contribution in [0.25, 0.3) is 17.1 Å². The second kappa shape index (κ2) is 10.6. The Morgan fingerprint density at radius 1 is 0.857 bits per heavy atom. The molecule has 0 bridgehead atoms. The van der Waals surface area contributed by atoms with Gasteiger partial charge < -0.3 is 0 Å². The van der Waals surface area contributed by atoms with Crippen molar-refractivity contribution < 1.29 is 0 Å². The van der Waals surface area contributed by atoms with Crippen molar-refractivity contribution in [3.63, 3.8) is 0 Å². The molecule has 4 aromatic rings. The van der Waals surface area contributed by atoms with Crippen LogP contribution in [0, 0.1) is 4.77 Å². The molecule has 0 unspecified atom stereocenters. The van der Waals surface area contributed by atoms with Gasteiger partial charge in [0.15, 0.2) is 5.82 Å². The maximum absolute atomic E-state index is 6.02. The van der Waals surface area contributed by atoms with E-state index in [9.17, 15) is 0 Å². The van der Waals surface area contributed by atoms with E-state index >= 15 is 0 Å². The number of nitrogens with zero attached hydrogens (tertiary/aromatic N) is 7. The number of hydrogen-bond acceptors (Lipinski definition) is 6.